The molecule has 1 atom stereocenters. The van der Waals surface area contributed by atoms with Gasteiger partial charge >= 0.3 is 6.18 Å². The van der Waals surface area contributed by atoms with Crippen LogP contribution in [0.5, 0.6) is 0 Å². The van der Waals surface area contributed by atoms with E-state index in [2.05, 4.69) is 20.1 Å². The zero-order valence-electron chi connectivity index (χ0n) is 15.3. The number of amides is 1. The Morgan fingerprint density at radius 3 is 2.46 bits per heavy atom. The summed E-state index contributed by atoms with van der Waals surface area (Å²) in [5.74, 6) is 0.0913. The molecular weight excluding hydrogens is 373 g/mol. The second kappa shape index (κ2) is 7.37. The monoisotopic (exact) mass is 390 g/mol. The highest BCUT2D eigenvalue weighted by Crippen LogP contribution is 2.31. The molecule has 0 saturated heterocycles. The second-order valence-corrected chi connectivity index (χ2v) is 6.26. The number of carbonyl (C=O) groups is 1. The van der Waals surface area contributed by atoms with Gasteiger partial charge in [0.1, 0.15) is 6.33 Å². The molecule has 2 heterocycles. The molecule has 0 N–H and O–H groups in total. The molecule has 0 saturated carbocycles. The van der Waals surface area contributed by atoms with E-state index in [0.717, 1.165) is 12.1 Å². The van der Waals surface area contributed by atoms with Gasteiger partial charge in [0.2, 0.25) is 0 Å². The van der Waals surface area contributed by atoms with Crippen molar-refractivity contribution in [1.29, 1.82) is 0 Å². The Hall–Kier alpha value is -3.30. The van der Waals surface area contributed by atoms with Crippen molar-refractivity contribution in [2.24, 2.45) is 0 Å². The number of aromatic nitrogens is 5. The molecule has 28 heavy (non-hydrogen) atoms. The van der Waals surface area contributed by atoms with Crippen molar-refractivity contribution < 1.29 is 18.0 Å². The molecule has 1 aromatic carbocycles. The molecule has 0 bridgehead atoms. The largest absolute Gasteiger partial charge is 0.416 e. The highest BCUT2D eigenvalue weighted by atomic mass is 19.4. The van der Waals surface area contributed by atoms with Crippen LogP contribution in [0.3, 0.4) is 0 Å². The molecule has 0 fully saturated rings. The SMILES string of the molecule is Cc1cc(C(=O)N(C)C(C)c2ncnn2-c2ncccn2)cc(C(F)(F)F)c1. The number of rotatable bonds is 4. The smallest absolute Gasteiger partial charge is 0.332 e. The van der Waals surface area contributed by atoms with Crippen molar-refractivity contribution in [1.82, 2.24) is 29.6 Å². The first kappa shape index (κ1) is 19.5. The lowest BCUT2D eigenvalue weighted by Gasteiger charge is -2.25. The predicted octanol–water partition coefficient (Wildman–Crippen LogP) is 3.22. The third-order valence-electron chi connectivity index (χ3n) is 4.24. The summed E-state index contributed by atoms with van der Waals surface area (Å²) in [5.41, 5.74) is -0.568. The van der Waals surface area contributed by atoms with E-state index in [9.17, 15) is 18.0 Å². The zero-order chi connectivity index (χ0) is 20.5. The number of hydrogen-bond acceptors (Lipinski definition) is 5. The minimum atomic E-state index is -4.53. The van der Waals surface area contributed by atoms with Crippen LogP contribution in [0.2, 0.25) is 0 Å². The van der Waals surface area contributed by atoms with Crippen molar-refractivity contribution in [2.75, 3.05) is 7.05 Å². The number of aryl methyl sites for hydroxylation is 1. The summed E-state index contributed by atoms with van der Waals surface area (Å²) in [6, 6.07) is 4.34. The van der Waals surface area contributed by atoms with Crippen LogP contribution in [0.15, 0.2) is 43.0 Å². The lowest BCUT2D eigenvalue weighted by Crippen LogP contribution is -2.31. The highest BCUT2D eigenvalue weighted by molar-refractivity contribution is 5.94. The van der Waals surface area contributed by atoms with Gasteiger partial charge in [-0.15, -0.1) is 0 Å². The number of alkyl halides is 3. The summed E-state index contributed by atoms with van der Waals surface area (Å²) in [6.07, 6.45) is -0.150. The van der Waals surface area contributed by atoms with Gasteiger partial charge in [0.25, 0.3) is 11.9 Å². The summed E-state index contributed by atoms with van der Waals surface area (Å²) in [7, 11) is 1.49. The Kier molecular flexibility index (Phi) is 5.12. The first-order valence-electron chi connectivity index (χ1n) is 8.32. The minimum Gasteiger partial charge on any atom is -0.332 e. The molecule has 1 amide bonds. The Labute approximate surface area is 158 Å². The third-order valence-corrected chi connectivity index (χ3v) is 4.24. The Morgan fingerprint density at radius 1 is 1.14 bits per heavy atom. The van der Waals surface area contributed by atoms with Gasteiger partial charge in [-0.05, 0) is 43.7 Å². The topological polar surface area (TPSA) is 76.8 Å². The van der Waals surface area contributed by atoms with Crippen molar-refractivity contribution in [3.05, 3.63) is 65.5 Å². The van der Waals surface area contributed by atoms with Crippen molar-refractivity contribution in [2.45, 2.75) is 26.1 Å². The van der Waals surface area contributed by atoms with Crippen LogP contribution in [0.1, 0.15) is 40.3 Å². The van der Waals surface area contributed by atoms with Gasteiger partial charge in [-0.2, -0.15) is 23.0 Å². The van der Waals surface area contributed by atoms with Crippen LogP contribution in [0.25, 0.3) is 5.95 Å². The van der Waals surface area contributed by atoms with Gasteiger partial charge in [0.15, 0.2) is 5.82 Å². The van der Waals surface area contributed by atoms with E-state index in [4.69, 9.17) is 0 Å². The second-order valence-electron chi connectivity index (χ2n) is 6.26. The van der Waals surface area contributed by atoms with Crippen LogP contribution in [-0.4, -0.2) is 42.6 Å². The molecule has 146 valence electrons. The molecule has 10 heteroatoms. The van der Waals surface area contributed by atoms with Crippen LogP contribution in [0, 0.1) is 6.92 Å². The molecule has 0 aliphatic rings. The summed E-state index contributed by atoms with van der Waals surface area (Å²) in [4.78, 5) is 26.5. The fraction of sp³-hybridized carbons (Fsp3) is 0.278. The van der Waals surface area contributed by atoms with Gasteiger partial charge in [0.05, 0.1) is 11.6 Å². The molecule has 3 rings (SSSR count). The van der Waals surface area contributed by atoms with E-state index in [0.29, 0.717) is 11.4 Å². The Balaban J connectivity index is 1.91. The maximum atomic E-state index is 13.1. The van der Waals surface area contributed by atoms with Gasteiger partial charge < -0.3 is 4.90 Å². The molecule has 0 spiro atoms. The van der Waals surface area contributed by atoms with Crippen LogP contribution in [-0.2, 0) is 6.18 Å². The van der Waals surface area contributed by atoms with Gasteiger partial charge in [-0.25, -0.2) is 15.0 Å². The van der Waals surface area contributed by atoms with Crippen molar-refractivity contribution >= 4 is 5.91 Å². The summed E-state index contributed by atoms with van der Waals surface area (Å²) < 4.78 is 40.6. The van der Waals surface area contributed by atoms with Crippen LogP contribution >= 0.6 is 0 Å². The number of carbonyl (C=O) groups excluding carboxylic acids is 1. The van der Waals surface area contributed by atoms with Crippen molar-refractivity contribution in [3.63, 3.8) is 0 Å². The van der Waals surface area contributed by atoms with E-state index in [-0.39, 0.29) is 11.5 Å². The number of halogens is 3. The fourth-order valence-electron chi connectivity index (χ4n) is 2.71. The molecule has 2 aromatic heterocycles. The fourth-order valence-corrected chi connectivity index (χ4v) is 2.71. The van der Waals surface area contributed by atoms with E-state index in [1.54, 1.807) is 25.4 Å². The Morgan fingerprint density at radius 2 is 1.82 bits per heavy atom. The molecule has 0 aliphatic carbocycles. The molecule has 0 aliphatic heterocycles. The first-order chi connectivity index (χ1) is 13.2. The van der Waals surface area contributed by atoms with E-state index in [1.807, 2.05) is 0 Å². The first-order valence-corrected chi connectivity index (χ1v) is 8.32. The molecular formula is C18H17F3N6O. The highest BCUT2D eigenvalue weighted by Gasteiger charge is 2.32. The van der Waals surface area contributed by atoms with Gasteiger partial charge in [-0.3, -0.25) is 4.79 Å². The van der Waals surface area contributed by atoms with Crippen molar-refractivity contribution in [3.8, 4) is 5.95 Å². The lowest BCUT2D eigenvalue weighted by atomic mass is 10.0. The minimum absolute atomic E-state index is 0.0521. The number of hydrogen-bond donors (Lipinski definition) is 0. The Bertz CT molecular complexity index is 986. The van der Waals surface area contributed by atoms with E-state index >= 15 is 0 Å². The average molecular weight is 390 g/mol. The molecule has 0 radical (unpaired) electrons. The third kappa shape index (κ3) is 3.85. The lowest BCUT2D eigenvalue weighted by molar-refractivity contribution is -0.137. The maximum absolute atomic E-state index is 13.1. The zero-order valence-corrected chi connectivity index (χ0v) is 15.3. The number of benzene rings is 1. The number of nitrogens with zero attached hydrogens (tertiary/aromatic N) is 6. The maximum Gasteiger partial charge on any atom is 0.416 e. The van der Waals surface area contributed by atoms with Gasteiger partial charge in [0, 0.05) is 25.0 Å². The van der Waals surface area contributed by atoms with Gasteiger partial charge in [-0.1, -0.05) is 0 Å². The molecule has 7 nitrogen and oxygen atoms in total. The summed E-state index contributed by atoms with van der Waals surface area (Å²) in [6.45, 7) is 3.21. The molecule has 3 aromatic rings. The summed E-state index contributed by atoms with van der Waals surface area (Å²) in [5, 5.41) is 4.08. The standard InChI is InChI=1S/C18H17F3N6O/c1-11-7-13(9-14(8-11)18(19,20)21)16(28)26(3)12(2)15-24-10-25-27(15)17-22-5-4-6-23-17/h4-10,12H,1-3H3. The predicted molar refractivity (Wildman–Crippen MR) is 93.6 cm³/mol. The van der Waals surface area contributed by atoms with E-state index < -0.39 is 23.7 Å². The molecule has 1 unspecified atom stereocenters. The normalized spacial score (nSPS) is 12.6. The average Bonchev–Trinajstić information content (AvgIpc) is 3.15. The van der Waals surface area contributed by atoms with Crippen LogP contribution in [0.4, 0.5) is 13.2 Å². The summed E-state index contributed by atoms with van der Waals surface area (Å²) >= 11 is 0. The van der Waals surface area contributed by atoms with E-state index in [1.165, 1.54) is 35.9 Å². The quantitative estimate of drug-likeness (QED) is 0.684. The van der Waals surface area contributed by atoms with Crippen LogP contribution < -0.4 is 0 Å².